The molecule has 0 aliphatic carbocycles. The van der Waals surface area contributed by atoms with E-state index >= 15 is 0 Å². The Morgan fingerprint density at radius 2 is 1.59 bits per heavy atom. The number of hydrogen-bond acceptors (Lipinski definition) is 3. The monoisotopic (exact) mass is 236 g/mol. The van der Waals surface area contributed by atoms with Gasteiger partial charge in [-0.1, -0.05) is 6.07 Å². The molecule has 0 amide bonds. The van der Waals surface area contributed by atoms with Crippen molar-refractivity contribution in [3.63, 3.8) is 0 Å². The van der Waals surface area contributed by atoms with Gasteiger partial charge in [0.25, 0.3) is 0 Å². The minimum Gasteiger partial charge on any atom is -0.387 e. The summed E-state index contributed by atoms with van der Waals surface area (Å²) in [5.41, 5.74) is 17.1. The lowest BCUT2D eigenvalue weighted by atomic mass is 9.88. The Labute approximate surface area is 104 Å². The summed E-state index contributed by atoms with van der Waals surface area (Å²) in [4.78, 5) is 0. The number of benzene rings is 1. The third-order valence-electron chi connectivity index (χ3n) is 3.63. The van der Waals surface area contributed by atoms with Crippen LogP contribution in [0.25, 0.3) is 0 Å². The molecule has 0 aliphatic heterocycles. The van der Waals surface area contributed by atoms with Crippen molar-refractivity contribution < 1.29 is 5.11 Å². The van der Waals surface area contributed by atoms with E-state index in [4.69, 9.17) is 11.5 Å². The molecule has 17 heavy (non-hydrogen) atoms. The minimum absolute atomic E-state index is 0.293. The molecule has 0 radical (unpaired) electrons. The fourth-order valence-corrected chi connectivity index (χ4v) is 2.26. The number of rotatable bonds is 4. The van der Waals surface area contributed by atoms with Crippen LogP contribution in [0.2, 0.25) is 0 Å². The van der Waals surface area contributed by atoms with Crippen molar-refractivity contribution in [1.29, 1.82) is 0 Å². The summed E-state index contributed by atoms with van der Waals surface area (Å²) >= 11 is 0. The Hall–Kier alpha value is -0.900. The molecule has 0 aliphatic rings. The number of hydrogen-bond donors (Lipinski definition) is 3. The van der Waals surface area contributed by atoms with Gasteiger partial charge in [0.15, 0.2) is 0 Å². The maximum absolute atomic E-state index is 10.4. The lowest BCUT2D eigenvalue weighted by Gasteiger charge is -2.24. The van der Waals surface area contributed by atoms with E-state index in [0.717, 1.165) is 16.7 Å². The zero-order valence-corrected chi connectivity index (χ0v) is 11.2. The van der Waals surface area contributed by atoms with Crippen LogP contribution in [0.4, 0.5) is 0 Å². The van der Waals surface area contributed by atoms with Gasteiger partial charge in [-0.25, -0.2) is 0 Å². The van der Waals surface area contributed by atoms with Crippen LogP contribution >= 0.6 is 0 Å². The highest BCUT2D eigenvalue weighted by atomic mass is 16.3. The Balaban J connectivity index is 3.20. The molecular formula is C14H24N2O. The lowest BCUT2D eigenvalue weighted by Crippen LogP contribution is -2.31. The van der Waals surface area contributed by atoms with Crippen molar-refractivity contribution in [2.45, 2.75) is 46.3 Å². The Kier molecular flexibility index (Phi) is 4.69. The molecule has 1 aromatic carbocycles. The molecule has 0 saturated carbocycles. The van der Waals surface area contributed by atoms with Crippen LogP contribution in [0.15, 0.2) is 6.07 Å². The van der Waals surface area contributed by atoms with E-state index in [1.807, 2.05) is 13.8 Å². The van der Waals surface area contributed by atoms with Crippen molar-refractivity contribution in [1.82, 2.24) is 0 Å². The zero-order valence-electron chi connectivity index (χ0n) is 11.2. The summed E-state index contributed by atoms with van der Waals surface area (Å²) in [5.74, 6) is 0. The number of aliphatic hydroxyl groups is 1. The van der Waals surface area contributed by atoms with Gasteiger partial charge in [0.2, 0.25) is 0 Å². The first kappa shape index (κ1) is 14.2. The van der Waals surface area contributed by atoms with Crippen molar-refractivity contribution in [2.24, 2.45) is 11.5 Å². The molecule has 0 aromatic heterocycles. The van der Waals surface area contributed by atoms with Gasteiger partial charge in [-0.3, -0.25) is 0 Å². The van der Waals surface area contributed by atoms with Gasteiger partial charge in [0.1, 0.15) is 0 Å². The molecule has 0 bridgehead atoms. The highest BCUT2D eigenvalue weighted by Crippen LogP contribution is 2.29. The van der Waals surface area contributed by atoms with Gasteiger partial charge in [-0.05, 0) is 68.5 Å². The van der Waals surface area contributed by atoms with E-state index in [9.17, 15) is 5.11 Å². The molecule has 3 heteroatoms. The second-order valence-electron chi connectivity index (χ2n) is 4.86. The highest BCUT2D eigenvalue weighted by molar-refractivity contribution is 5.45. The Morgan fingerprint density at radius 1 is 1.12 bits per heavy atom. The average molecular weight is 236 g/mol. The third-order valence-corrected chi connectivity index (χ3v) is 3.63. The largest absolute Gasteiger partial charge is 0.387 e. The van der Waals surface area contributed by atoms with Crippen molar-refractivity contribution in [3.05, 3.63) is 33.9 Å². The first-order valence-corrected chi connectivity index (χ1v) is 6.11. The number of aryl methyl sites for hydroxylation is 2. The lowest BCUT2D eigenvalue weighted by molar-refractivity contribution is 0.142. The van der Waals surface area contributed by atoms with E-state index in [1.165, 1.54) is 11.1 Å². The summed E-state index contributed by atoms with van der Waals surface area (Å²) in [7, 11) is 0. The van der Waals surface area contributed by atoms with Crippen molar-refractivity contribution >= 4 is 0 Å². The van der Waals surface area contributed by atoms with Gasteiger partial charge >= 0.3 is 0 Å². The fourth-order valence-electron chi connectivity index (χ4n) is 2.26. The molecule has 2 unspecified atom stereocenters. The highest BCUT2D eigenvalue weighted by Gasteiger charge is 2.21. The van der Waals surface area contributed by atoms with Crippen LogP contribution in [-0.2, 0) is 0 Å². The minimum atomic E-state index is -0.628. The molecule has 1 aromatic rings. The topological polar surface area (TPSA) is 72.3 Å². The molecule has 0 fully saturated rings. The number of nitrogens with two attached hydrogens (primary N) is 2. The molecule has 5 N–H and O–H groups in total. The summed E-state index contributed by atoms with van der Waals surface area (Å²) in [6.07, 6.45) is 0.00434. The zero-order chi connectivity index (χ0) is 13.2. The first-order valence-electron chi connectivity index (χ1n) is 6.11. The summed E-state index contributed by atoms with van der Waals surface area (Å²) in [5, 5.41) is 10.4. The van der Waals surface area contributed by atoms with Gasteiger partial charge in [-0.2, -0.15) is 0 Å². The van der Waals surface area contributed by atoms with E-state index in [-0.39, 0.29) is 6.04 Å². The predicted molar refractivity (Wildman–Crippen MR) is 72.0 cm³/mol. The van der Waals surface area contributed by atoms with E-state index in [1.54, 1.807) is 0 Å². The SMILES string of the molecule is Cc1cc(C)c(C)c(C(O)C(N)CCN)c1C. The quantitative estimate of drug-likeness (QED) is 0.744. The van der Waals surface area contributed by atoms with Crippen molar-refractivity contribution in [2.75, 3.05) is 6.54 Å². The standard InChI is InChI=1S/C14H24N2O/c1-8-7-9(2)11(4)13(10(8)3)14(17)12(16)5-6-15/h7,12,14,17H,5-6,15-16H2,1-4H3. The van der Waals surface area contributed by atoms with Gasteiger partial charge in [-0.15, -0.1) is 0 Å². The smallest absolute Gasteiger partial charge is 0.0946 e. The maximum Gasteiger partial charge on any atom is 0.0946 e. The summed E-state index contributed by atoms with van der Waals surface area (Å²) in [6, 6.07) is 1.86. The molecule has 96 valence electrons. The Morgan fingerprint density at radius 3 is 2.00 bits per heavy atom. The summed E-state index contributed by atoms with van der Waals surface area (Å²) in [6.45, 7) is 8.70. The van der Waals surface area contributed by atoms with Crippen LogP contribution in [0.3, 0.4) is 0 Å². The van der Waals surface area contributed by atoms with E-state index in [0.29, 0.717) is 13.0 Å². The van der Waals surface area contributed by atoms with Crippen LogP contribution in [-0.4, -0.2) is 17.7 Å². The fraction of sp³-hybridized carbons (Fsp3) is 0.571. The summed E-state index contributed by atoms with van der Waals surface area (Å²) < 4.78 is 0. The van der Waals surface area contributed by atoms with Crippen LogP contribution in [0.5, 0.6) is 0 Å². The molecular weight excluding hydrogens is 212 g/mol. The molecule has 2 atom stereocenters. The third kappa shape index (κ3) is 2.86. The van der Waals surface area contributed by atoms with Gasteiger partial charge < -0.3 is 16.6 Å². The molecule has 0 spiro atoms. The average Bonchev–Trinajstić information content (AvgIpc) is 2.27. The molecule has 0 heterocycles. The first-order chi connectivity index (χ1) is 7.90. The molecule has 0 saturated heterocycles. The van der Waals surface area contributed by atoms with E-state index in [2.05, 4.69) is 19.9 Å². The van der Waals surface area contributed by atoms with Crippen LogP contribution in [0, 0.1) is 27.7 Å². The molecule has 1 rings (SSSR count). The van der Waals surface area contributed by atoms with E-state index < -0.39 is 6.10 Å². The Bertz CT molecular complexity index is 375. The predicted octanol–water partition coefficient (Wildman–Crippen LogP) is 1.63. The van der Waals surface area contributed by atoms with Crippen LogP contribution < -0.4 is 11.5 Å². The maximum atomic E-state index is 10.4. The normalized spacial score (nSPS) is 14.8. The molecule has 3 nitrogen and oxygen atoms in total. The number of aliphatic hydroxyl groups excluding tert-OH is 1. The van der Waals surface area contributed by atoms with Crippen molar-refractivity contribution in [3.8, 4) is 0 Å². The van der Waals surface area contributed by atoms with Gasteiger partial charge in [0.05, 0.1) is 6.10 Å². The van der Waals surface area contributed by atoms with Crippen LogP contribution in [0.1, 0.15) is 40.3 Å². The van der Waals surface area contributed by atoms with Gasteiger partial charge in [0, 0.05) is 6.04 Å². The second kappa shape index (κ2) is 5.63. The second-order valence-corrected chi connectivity index (χ2v) is 4.86.